The van der Waals surface area contributed by atoms with Crippen molar-refractivity contribution in [2.24, 2.45) is 0 Å². The fraction of sp³-hybridized carbons (Fsp3) is 0.0769. The maximum absolute atomic E-state index is 11.0. The molecule has 0 spiro atoms. The molecule has 0 bridgehead atoms. The zero-order valence-corrected chi connectivity index (χ0v) is 10.1. The molecule has 19 heavy (non-hydrogen) atoms. The largest absolute Gasteiger partial charge is 0.420 e. The topological polar surface area (TPSA) is 76.4 Å². The first-order valence-corrected chi connectivity index (χ1v) is 5.49. The molecule has 96 valence electrons. The van der Waals surface area contributed by atoms with Crippen LogP contribution >= 0.6 is 0 Å². The molecule has 2 aromatic rings. The summed E-state index contributed by atoms with van der Waals surface area (Å²) in [6.45, 7) is 0. The smallest absolute Gasteiger partial charge is 0.402 e. The first-order valence-electron chi connectivity index (χ1n) is 5.49. The van der Waals surface area contributed by atoms with E-state index in [2.05, 4.69) is 0 Å². The zero-order valence-electron chi connectivity index (χ0n) is 10.1. The van der Waals surface area contributed by atoms with Gasteiger partial charge < -0.3 is 4.42 Å². The summed E-state index contributed by atoms with van der Waals surface area (Å²) in [7, 11) is 1.35. The fourth-order valence-electron chi connectivity index (χ4n) is 1.49. The normalized spacial score (nSPS) is 10.8. The highest BCUT2D eigenvalue weighted by Gasteiger charge is 2.11. The van der Waals surface area contributed by atoms with E-state index in [1.807, 2.05) is 0 Å². The fourth-order valence-corrected chi connectivity index (χ4v) is 1.49. The second kappa shape index (κ2) is 5.26. The summed E-state index contributed by atoms with van der Waals surface area (Å²) < 4.78 is 5.88. The van der Waals surface area contributed by atoms with E-state index in [1.54, 1.807) is 36.4 Å². The molecule has 0 aliphatic rings. The predicted molar refractivity (Wildman–Crippen MR) is 69.9 cm³/mol. The third-order valence-corrected chi connectivity index (χ3v) is 2.47. The number of furan rings is 1. The molecule has 0 aliphatic heterocycles. The number of nitro groups is 1. The molecular weight excluding hydrogens is 248 g/mol. The number of hydrogen-bond donors (Lipinski definition) is 0. The van der Waals surface area contributed by atoms with Crippen molar-refractivity contribution in [1.82, 2.24) is 0 Å². The summed E-state index contributed by atoms with van der Waals surface area (Å²) in [5.74, 6) is 0.763. The van der Waals surface area contributed by atoms with Crippen molar-refractivity contribution >= 4 is 23.7 Å². The van der Waals surface area contributed by atoms with Crippen LogP contribution in [0.4, 0.5) is 11.6 Å². The van der Waals surface area contributed by atoms with Gasteiger partial charge in [-0.15, -0.1) is 0 Å². The molecular formula is C13H11N2O4+. The van der Waals surface area contributed by atoms with E-state index < -0.39 is 4.92 Å². The number of hydrogen-bond acceptors (Lipinski definition) is 4. The lowest BCUT2D eigenvalue weighted by Gasteiger charge is -1.92. The van der Waals surface area contributed by atoms with Crippen LogP contribution < -0.4 is 0 Å². The Morgan fingerprint density at radius 3 is 2.26 bits per heavy atom. The Morgan fingerprint density at radius 1 is 1.05 bits per heavy atom. The number of nitroso groups, excluding NO2 is 1. The van der Waals surface area contributed by atoms with Crippen LogP contribution in [-0.2, 0) is 0 Å². The number of nitrogens with zero attached hydrogens (tertiary/aromatic N) is 2. The van der Waals surface area contributed by atoms with Crippen LogP contribution in [0.3, 0.4) is 0 Å². The minimum Gasteiger partial charge on any atom is -0.402 e. The number of non-ortho nitro benzene ring substituents is 1. The van der Waals surface area contributed by atoms with E-state index in [9.17, 15) is 15.0 Å². The van der Waals surface area contributed by atoms with Crippen LogP contribution in [0.1, 0.15) is 11.3 Å². The third kappa shape index (κ3) is 3.12. The van der Waals surface area contributed by atoms with E-state index >= 15 is 0 Å². The van der Waals surface area contributed by atoms with E-state index in [4.69, 9.17) is 4.42 Å². The van der Waals surface area contributed by atoms with Crippen molar-refractivity contribution in [3.63, 3.8) is 0 Å². The Labute approximate surface area is 108 Å². The molecule has 2 rings (SSSR count). The van der Waals surface area contributed by atoms with Gasteiger partial charge in [0.1, 0.15) is 5.76 Å². The monoisotopic (exact) mass is 259 g/mol. The molecule has 0 atom stereocenters. The van der Waals surface area contributed by atoms with E-state index in [0.29, 0.717) is 10.5 Å². The van der Waals surface area contributed by atoms with Crippen LogP contribution in [0, 0.1) is 15.0 Å². The van der Waals surface area contributed by atoms with Gasteiger partial charge in [0.2, 0.25) is 0 Å². The van der Waals surface area contributed by atoms with E-state index in [1.165, 1.54) is 19.2 Å². The Kier molecular flexibility index (Phi) is 3.51. The molecule has 0 aliphatic carbocycles. The predicted octanol–water partition coefficient (Wildman–Crippen LogP) is 3.40. The molecule has 1 heterocycles. The third-order valence-electron chi connectivity index (χ3n) is 2.47. The van der Waals surface area contributed by atoms with Gasteiger partial charge in [0.15, 0.2) is 7.05 Å². The van der Waals surface area contributed by atoms with Gasteiger partial charge in [0.05, 0.1) is 15.7 Å². The second-order valence-electron chi connectivity index (χ2n) is 3.86. The molecule has 0 amide bonds. The standard InChI is InChI=1S/C13H11N2O4/c1-14(16)13-9-8-12(19-13)7-4-10-2-5-11(6-3-10)15(17)18/h2-9H,1H3/q+1/b7-4+. The van der Waals surface area contributed by atoms with Crippen molar-refractivity contribution in [3.05, 3.63) is 62.7 Å². The Morgan fingerprint density at radius 2 is 1.74 bits per heavy atom. The van der Waals surface area contributed by atoms with Crippen LogP contribution in [0.25, 0.3) is 12.2 Å². The molecule has 1 aromatic heterocycles. The summed E-state index contributed by atoms with van der Waals surface area (Å²) in [6.07, 6.45) is 3.44. The van der Waals surface area contributed by atoms with Crippen molar-refractivity contribution < 1.29 is 14.1 Å². The maximum Gasteiger partial charge on any atom is 0.420 e. The summed E-state index contributed by atoms with van der Waals surface area (Å²) in [5, 5.41) is 10.5. The lowest BCUT2D eigenvalue weighted by atomic mass is 10.2. The van der Waals surface area contributed by atoms with Crippen molar-refractivity contribution in [2.45, 2.75) is 0 Å². The van der Waals surface area contributed by atoms with Gasteiger partial charge in [-0.05, 0) is 29.8 Å². The van der Waals surface area contributed by atoms with Gasteiger partial charge in [-0.2, -0.15) is 0 Å². The van der Waals surface area contributed by atoms with Gasteiger partial charge in [-0.3, -0.25) is 10.1 Å². The lowest BCUT2D eigenvalue weighted by molar-refractivity contribution is -0.444. The molecule has 0 unspecified atom stereocenters. The average molecular weight is 259 g/mol. The zero-order chi connectivity index (χ0) is 13.8. The van der Waals surface area contributed by atoms with Crippen molar-refractivity contribution in [2.75, 3.05) is 7.05 Å². The van der Waals surface area contributed by atoms with E-state index in [0.717, 1.165) is 5.56 Å². The molecule has 0 saturated heterocycles. The van der Waals surface area contributed by atoms with E-state index in [-0.39, 0.29) is 11.6 Å². The Bertz CT molecular complexity index is 641. The molecule has 0 saturated carbocycles. The first kappa shape index (κ1) is 12.7. The van der Waals surface area contributed by atoms with Crippen LogP contribution in [0.2, 0.25) is 0 Å². The number of nitro benzene ring substituents is 1. The summed E-state index contributed by atoms with van der Waals surface area (Å²) in [6, 6.07) is 9.38. The SMILES string of the molecule is C[N+](=O)c1ccc(/C=C/c2ccc([N+](=O)[O-])cc2)o1. The number of benzene rings is 1. The summed E-state index contributed by atoms with van der Waals surface area (Å²) in [4.78, 5) is 21.0. The molecule has 0 radical (unpaired) electrons. The molecule has 1 aromatic carbocycles. The van der Waals surface area contributed by atoms with Gasteiger partial charge in [-0.1, -0.05) is 6.08 Å². The highest BCUT2D eigenvalue weighted by molar-refractivity contribution is 5.68. The minimum absolute atomic E-state index is 0.0467. The molecule has 0 N–H and O–H groups in total. The van der Waals surface area contributed by atoms with Gasteiger partial charge in [0.25, 0.3) is 5.69 Å². The molecule has 6 heteroatoms. The first-order chi connectivity index (χ1) is 9.06. The molecule has 0 fully saturated rings. The lowest BCUT2D eigenvalue weighted by Crippen LogP contribution is -1.86. The van der Waals surface area contributed by atoms with Crippen LogP contribution in [-0.4, -0.2) is 16.7 Å². The van der Waals surface area contributed by atoms with Crippen LogP contribution in [0.15, 0.2) is 40.8 Å². The summed E-state index contributed by atoms with van der Waals surface area (Å²) >= 11 is 0. The quantitative estimate of drug-likeness (QED) is 0.479. The van der Waals surface area contributed by atoms with Gasteiger partial charge >= 0.3 is 5.88 Å². The number of rotatable bonds is 4. The highest BCUT2D eigenvalue weighted by atomic mass is 16.6. The maximum atomic E-state index is 11.0. The van der Waals surface area contributed by atoms with Gasteiger partial charge in [-0.25, -0.2) is 0 Å². The van der Waals surface area contributed by atoms with Gasteiger partial charge in [0, 0.05) is 17.0 Å². The average Bonchev–Trinajstić information content (AvgIpc) is 2.86. The summed E-state index contributed by atoms with van der Waals surface area (Å²) in [5.41, 5.74) is 0.851. The van der Waals surface area contributed by atoms with Crippen molar-refractivity contribution in [3.8, 4) is 0 Å². The Hall–Kier alpha value is -2.76. The molecule has 6 nitrogen and oxygen atoms in total. The van der Waals surface area contributed by atoms with Crippen LogP contribution in [0.5, 0.6) is 0 Å². The Balaban J connectivity index is 2.13. The van der Waals surface area contributed by atoms with Crippen molar-refractivity contribution in [1.29, 1.82) is 0 Å². The second-order valence-corrected chi connectivity index (χ2v) is 3.86. The highest BCUT2D eigenvalue weighted by Crippen LogP contribution is 2.18. The minimum atomic E-state index is -0.448.